The number of nitrogens with zero attached hydrogens (tertiary/aromatic N) is 3. The third-order valence-corrected chi connectivity index (χ3v) is 4.79. The van der Waals surface area contributed by atoms with Crippen LogP contribution in [0.2, 0.25) is 0 Å². The zero-order valence-corrected chi connectivity index (χ0v) is 13.7. The normalized spacial score (nSPS) is 13.7. The van der Waals surface area contributed by atoms with Crippen molar-refractivity contribution < 1.29 is 9.59 Å². The number of imide groups is 1. The van der Waals surface area contributed by atoms with E-state index in [1.54, 1.807) is 0 Å². The summed E-state index contributed by atoms with van der Waals surface area (Å²) in [4.78, 5) is 24.7. The van der Waals surface area contributed by atoms with Crippen molar-refractivity contribution >= 4 is 28.4 Å². The van der Waals surface area contributed by atoms with E-state index in [2.05, 4.69) is 5.32 Å². The summed E-state index contributed by atoms with van der Waals surface area (Å²) in [5.41, 5.74) is 5.08. The summed E-state index contributed by atoms with van der Waals surface area (Å²) >= 11 is 0. The van der Waals surface area contributed by atoms with E-state index in [4.69, 9.17) is 5.10 Å². The molecule has 0 atom stereocenters. The maximum Gasteiger partial charge on any atom is 0.261 e. The van der Waals surface area contributed by atoms with E-state index in [9.17, 15) is 9.59 Å². The Bertz CT molecular complexity index is 1230. The summed E-state index contributed by atoms with van der Waals surface area (Å²) in [5.74, 6) is -0.713. The number of fused-ring (bicyclic) bond motifs is 6. The molecule has 0 aliphatic carbocycles. The molecule has 1 N–H and O–H groups in total. The van der Waals surface area contributed by atoms with Gasteiger partial charge in [0.1, 0.15) is 5.65 Å². The van der Waals surface area contributed by atoms with Crippen LogP contribution in [0.15, 0.2) is 42.6 Å². The maximum atomic E-state index is 12.4. The lowest BCUT2D eigenvalue weighted by molar-refractivity contribution is 0.0880. The molecule has 1 aliphatic rings. The van der Waals surface area contributed by atoms with Gasteiger partial charge in [0.25, 0.3) is 11.8 Å². The first kappa shape index (κ1) is 14.0. The van der Waals surface area contributed by atoms with Gasteiger partial charge in [-0.1, -0.05) is 18.2 Å². The number of rotatable bonds is 1. The van der Waals surface area contributed by atoms with Crippen molar-refractivity contribution in [3.05, 3.63) is 65.0 Å². The van der Waals surface area contributed by atoms with E-state index >= 15 is 0 Å². The van der Waals surface area contributed by atoms with Gasteiger partial charge in [0, 0.05) is 6.20 Å². The smallest absolute Gasteiger partial charge is 0.261 e. The fourth-order valence-electron chi connectivity index (χ4n) is 3.71. The second-order valence-corrected chi connectivity index (χ2v) is 6.28. The number of aromatic nitrogens is 3. The zero-order chi connectivity index (χ0) is 17.3. The number of amides is 2. The number of carbonyl (C=O) groups excluding carboxylic acids is 2. The molecule has 1 aliphatic heterocycles. The molecule has 4 aromatic rings. The van der Waals surface area contributed by atoms with Gasteiger partial charge < -0.3 is 4.40 Å². The number of nitrogens with one attached hydrogen (secondary N) is 1. The molecule has 6 nitrogen and oxygen atoms in total. The number of aryl methyl sites for hydroxylation is 2. The fraction of sp³-hybridized carbons (Fsp3) is 0.105. The molecule has 2 amide bonds. The predicted molar refractivity (Wildman–Crippen MR) is 93.3 cm³/mol. The molecule has 0 saturated heterocycles. The number of carbonyl (C=O) groups is 2. The Morgan fingerprint density at radius 1 is 0.960 bits per heavy atom. The molecule has 0 bridgehead atoms. The van der Waals surface area contributed by atoms with Crippen molar-refractivity contribution in [2.24, 2.45) is 0 Å². The molecule has 1 aromatic carbocycles. The van der Waals surface area contributed by atoms with Crippen LogP contribution >= 0.6 is 0 Å². The molecule has 0 radical (unpaired) electrons. The number of hydrogen-bond donors (Lipinski definition) is 1. The first-order chi connectivity index (χ1) is 12.1. The molecule has 3 aromatic heterocycles. The summed E-state index contributed by atoms with van der Waals surface area (Å²) in [6, 6.07) is 11.7. The fourth-order valence-corrected chi connectivity index (χ4v) is 3.71. The van der Waals surface area contributed by atoms with E-state index in [0.717, 1.165) is 22.6 Å². The minimum absolute atomic E-state index is 0.353. The van der Waals surface area contributed by atoms with Crippen molar-refractivity contribution in [3.63, 3.8) is 0 Å². The molecule has 0 unspecified atom stereocenters. The van der Waals surface area contributed by atoms with Crippen LogP contribution in [0.4, 0.5) is 0 Å². The van der Waals surface area contributed by atoms with Crippen molar-refractivity contribution in [3.8, 4) is 5.69 Å². The van der Waals surface area contributed by atoms with Crippen LogP contribution in [0.1, 0.15) is 32.0 Å². The molecule has 0 spiro atoms. The van der Waals surface area contributed by atoms with Gasteiger partial charge in [-0.25, -0.2) is 4.68 Å². The summed E-state index contributed by atoms with van der Waals surface area (Å²) < 4.78 is 3.78. The second-order valence-electron chi connectivity index (χ2n) is 6.28. The summed E-state index contributed by atoms with van der Waals surface area (Å²) in [5, 5.41) is 7.82. The second kappa shape index (κ2) is 4.57. The third kappa shape index (κ3) is 1.65. The molecule has 4 heterocycles. The van der Waals surface area contributed by atoms with Crippen LogP contribution in [0.5, 0.6) is 0 Å². The van der Waals surface area contributed by atoms with Crippen molar-refractivity contribution in [1.29, 1.82) is 0 Å². The Balaban J connectivity index is 2.05. The van der Waals surface area contributed by atoms with Crippen LogP contribution in [-0.4, -0.2) is 26.0 Å². The van der Waals surface area contributed by atoms with Crippen molar-refractivity contribution in [2.45, 2.75) is 13.8 Å². The Hall–Kier alpha value is -3.41. The highest BCUT2D eigenvalue weighted by Crippen LogP contribution is 2.34. The maximum absolute atomic E-state index is 12.4. The van der Waals surface area contributed by atoms with E-state index in [0.29, 0.717) is 22.0 Å². The first-order valence-electron chi connectivity index (χ1n) is 8.02. The monoisotopic (exact) mass is 330 g/mol. The lowest BCUT2D eigenvalue weighted by Crippen LogP contribution is -2.20. The van der Waals surface area contributed by atoms with Gasteiger partial charge in [0.2, 0.25) is 0 Å². The lowest BCUT2D eigenvalue weighted by Gasteiger charge is -2.10. The van der Waals surface area contributed by atoms with Gasteiger partial charge in [-0.2, -0.15) is 5.10 Å². The van der Waals surface area contributed by atoms with E-state index in [1.165, 1.54) is 0 Å². The molecule has 25 heavy (non-hydrogen) atoms. The third-order valence-electron chi connectivity index (χ3n) is 4.79. The molecule has 5 rings (SSSR count). The van der Waals surface area contributed by atoms with E-state index in [1.807, 2.05) is 65.5 Å². The molecule has 122 valence electrons. The SMILES string of the molecule is Cc1ccccc1-n1nc(C)c2c3c(c4cccn4c21)C(=O)NC3=O. The molecular weight excluding hydrogens is 316 g/mol. The number of para-hydroxylation sites is 1. The summed E-state index contributed by atoms with van der Waals surface area (Å²) in [7, 11) is 0. The van der Waals surface area contributed by atoms with E-state index < -0.39 is 0 Å². The number of hydrogen-bond acceptors (Lipinski definition) is 3. The van der Waals surface area contributed by atoms with Crippen LogP contribution in [0.3, 0.4) is 0 Å². The largest absolute Gasteiger partial charge is 0.300 e. The first-order valence-corrected chi connectivity index (χ1v) is 8.02. The quantitative estimate of drug-likeness (QED) is 0.546. The number of benzene rings is 1. The van der Waals surface area contributed by atoms with Gasteiger partial charge in [0.05, 0.1) is 33.4 Å². The molecule has 0 saturated carbocycles. The highest BCUT2D eigenvalue weighted by atomic mass is 16.2. The van der Waals surface area contributed by atoms with Crippen LogP contribution in [0.25, 0.3) is 22.2 Å². The van der Waals surface area contributed by atoms with E-state index in [-0.39, 0.29) is 11.8 Å². The Kier molecular flexibility index (Phi) is 2.55. The van der Waals surface area contributed by atoms with Gasteiger partial charge in [-0.3, -0.25) is 14.9 Å². The standard InChI is InChI=1S/C19H14N4O2/c1-10-6-3-4-7-12(10)23-19-14(11(2)21-23)16-15(17(24)20-18(16)25)13-8-5-9-22(13)19/h3-9H,1-2H3,(H,20,24,25). The minimum Gasteiger partial charge on any atom is -0.300 e. The topological polar surface area (TPSA) is 68.4 Å². The summed E-state index contributed by atoms with van der Waals surface area (Å²) in [6.07, 6.45) is 1.89. The highest BCUT2D eigenvalue weighted by Gasteiger charge is 2.34. The average molecular weight is 330 g/mol. The van der Waals surface area contributed by atoms with Crippen LogP contribution < -0.4 is 5.32 Å². The highest BCUT2D eigenvalue weighted by molar-refractivity contribution is 6.29. The predicted octanol–water partition coefficient (Wildman–Crippen LogP) is 2.78. The molecule has 6 heteroatoms. The van der Waals surface area contributed by atoms with Crippen LogP contribution in [-0.2, 0) is 0 Å². The number of pyridine rings is 1. The zero-order valence-electron chi connectivity index (χ0n) is 13.7. The van der Waals surface area contributed by atoms with Gasteiger partial charge >= 0.3 is 0 Å². The van der Waals surface area contributed by atoms with Gasteiger partial charge in [0.15, 0.2) is 0 Å². The molecular formula is C19H14N4O2. The Labute approximate surface area is 142 Å². The average Bonchev–Trinajstić information content (AvgIpc) is 3.25. The molecule has 0 fully saturated rings. The van der Waals surface area contributed by atoms with Crippen molar-refractivity contribution in [1.82, 2.24) is 19.5 Å². The van der Waals surface area contributed by atoms with Gasteiger partial charge in [-0.05, 0) is 37.6 Å². The van der Waals surface area contributed by atoms with Crippen molar-refractivity contribution in [2.75, 3.05) is 0 Å². The van der Waals surface area contributed by atoms with Crippen LogP contribution in [0, 0.1) is 13.8 Å². The lowest BCUT2D eigenvalue weighted by atomic mass is 10.0. The minimum atomic E-state index is -0.360. The Morgan fingerprint density at radius 3 is 2.52 bits per heavy atom. The van der Waals surface area contributed by atoms with Gasteiger partial charge in [-0.15, -0.1) is 0 Å². The summed E-state index contributed by atoms with van der Waals surface area (Å²) in [6.45, 7) is 3.89. The Morgan fingerprint density at radius 2 is 1.72 bits per heavy atom.